The minimum absolute atomic E-state index is 0. The number of nitrogens with one attached hydrogen (secondary N) is 2. The first kappa shape index (κ1) is 39.8. The van der Waals surface area contributed by atoms with Crippen molar-refractivity contribution in [1.29, 1.82) is 0 Å². The zero-order valence-electron chi connectivity index (χ0n) is 26.7. The Morgan fingerprint density at radius 3 is 2.02 bits per heavy atom. The molecule has 0 bridgehead atoms. The molecule has 0 aliphatic heterocycles. The molecule has 0 heterocycles. The van der Waals surface area contributed by atoms with E-state index in [9.17, 15) is 29.3 Å². The molecule has 3 aromatic carbocycles. The Bertz CT molecular complexity index is 1440. The zero-order valence-corrected chi connectivity index (χ0v) is 30.7. The van der Waals surface area contributed by atoms with Gasteiger partial charge in [0.15, 0.2) is 0 Å². The van der Waals surface area contributed by atoms with Gasteiger partial charge in [-0.25, -0.2) is 14.4 Å². The number of benzene rings is 3. The summed E-state index contributed by atoms with van der Waals surface area (Å²) in [6, 6.07) is 21.6. The van der Waals surface area contributed by atoms with Crippen LogP contribution in [0.4, 0.5) is 0 Å². The van der Waals surface area contributed by atoms with Crippen molar-refractivity contribution < 1.29 is 89.9 Å². The minimum Gasteiger partial charge on any atom is -0.861 e. The summed E-state index contributed by atoms with van der Waals surface area (Å²) in [6.45, 7) is 5.40. The van der Waals surface area contributed by atoms with Gasteiger partial charge in [-0.2, -0.15) is 0 Å². The number of nitrogens with zero attached hydrogens (tertiary/aromatic N) is 1. The number of hydrogen-bond acceptors (Lipinski definition) is 7. The van der Waals surface area contributed by atoms with Gasteiger partial charge in [0.25, 0.3) is 0 Å². The molecule has 0 saturated carbocycles. The Balaban J connectivity index is 0.00000736. The van der Waals surface area contributed by atoms with Gasteiger partial charge in [0.05, 0.1) is 18.7 Å². The first-order valence-corrected chi connectivity index (χ1v) is 16.4. The molecular weight excluding hydrogens is 636 g/mol. The maximum atomic E-state index is 13.5. The Hall–Kier alpha value is -2.38. The topological polar surface area (TPSA) is 170 Å². The zero-order chi connectivity index (χ0) is 32.8. The SMILES string of the molecule is CCOP(=O)(O)N[C@H](C(=O)N[C@@H](Cc1ccc(OCc2ccccc2)cc1)C([O-])=N[C@@H](Cc1ccccc1)C(=O)O)[C@@H](C)CC.[K+]. The Labute approximate surface area is 312 Å². The van der Waals surface area contributed by atoms with E-state index in [0.29, 0.717) is 29.9 Å². The van der Waals surface area contributed by atoms with Crippen LogP contribution in [0, 0.1) is 5.92 Å². The van der Waals surface area contributed by atoms with Crippen molar-refractivity contribution in [1.82, 2.24) is 10.4 Å². The van der Waals surface area contributed by atoms with Crippen molar-refractivity contribution in [2.75, 3.05) is 6.61 Å². The summed E-state index contributed by atoms with van der Waals surface area (Å²) in [5.41, 5.74) is 2.34. The summed E-state index contributed by atoms with van der Waals surface area (Å²) < 4.78 is 23.3. The van der Waals surface area contributed by atoms with Gasteiger partial charge >= 0.3 is 65.1 Å². The van der Waals surface area contributed by atoms with Crippen LogP contribution in [-0.4, -0.2) is 52.5 Å². The summed E-state index contributed by atoms with van der Waals surface area (Å²) in [7, 11) is -4.32. The van der Waals surface area contributed by atoms with Crippen LogP contribution < -0.4 is 71.6 Å². The molecule has 1 amide bonds. The summed E-state index contributed by atoms with van der Waals surface area (Å²) in [6.07, 6.45) is 0.443. The predicted molar refractivity (Wildman–Crippen MR) is 170 cm³/mol. The van der Waals surface area contributed by atoms with Gasteiger partial charge in [0, 0.05) is 6.42 Å². The molecule has 0 spiro atoms. The fraction of sp³-hybridized carbons (Fsp3) is 0.364. The first-order valence-electron chi connectivity index (χ1n) is 14.8. The second-order valence-electron chi connectivity index (χ2n) is 10.6. The van der Waals surface area contributed by atoms with E-state index in [-0.39, 0.29) is 70.8 Å². The third-order valence-electron chi connectivity index (χ3n) is 7.17. The second-order valence-corrected chi connectivity index (χ2v) is 12.2. The molecule has 11 nitrogen and oxygen atoms in total. The van der Waals surface area contributed by atoms with Crippen molar-refractivity contribution in [2.45, 2.75) is 64.8 Å². The Morgan fingerprint density at radius 2 is 1.48 bits per heavy atom. The molecular formula is C33H41KN3O8P. The maximum absolute atomic E-state index is 13.5. The fourth-order valence-corrected chi connectivity index (χ4v) is 5.64. The Morgan fingerprint density at radius 1 is 0.913 bits per heavy atom. The van der Waals surface area contributed by atoms with E-state index < -0.39 is 49.6 Å². The molecule has 0 fully saturated rings. The van der Waals surface area contributed by atoms with Crippen LogP contribution in [0.3, 0.4) is 0 Å². The molecule has 3 aromatic rings. The van der Waals surface area contributed by atoms with Crippen LogP contribution in [0.1, 0.15) is 43.9 Å². The molecule has 46 heavy (non-hydrogen) atoms. The number of carboxylic acids is 1. The van der Waals surface area contributed by atoms with Crippen LogP contribution in [0.25, 0.3) is 0 Å². The third kappa shape index (κ3) is 13.4. The normalized spacial score (nSPS) is 15.3. The molecule has 242 valence electrons. The molecule has 0 aromatic heterocycles. The molecule has 3 rings (SSSR count). The van der Waals surface area contributed by atoms with Crippen molar-refractivity contribution in [3.63, 3.8) is 0 Å². The van der Waals surface area contributed by atoms with E-state index in [0.717, 1.165) is 5.56 Å². The van der Waals surface area contributed by atoms with E-state index in [4.69, 9.17) is 9.26 Å². The molecule has 0 saturated heterocycles. The number of hydrogen-bond donors (Lipinski definition) is 4. The summed E-state index contributed by atoms with van der Waals surface area (Å²) in [5, 5.41) is 28.4. The van der Waals surface area contributed by atoms with Gasteiger partial charge < -0.3 is 25.2 Å². The predicted octanol–water partition coefficient (Wildman–Crippen LogP) is 0.893. The minimum atomic E-state index is -4.32. The maximum Gasteiger partial charge on any atom is 1.00 e. The molecule has 5 atom stereocenters. The molecule has 1 unspecified atom stereocenters. The number of carbonyl (C=O) groups is 2. The third-order valence-corrected chi connectivity index (χ3v) is 8.38. The number of rotatable bonds is 18. The molecule has 13 heteroatoms. The average molecular weight is 678 g/mol. The smallest absolute Gasteiger partial charge is 0.861 e. The number of aliphatic imine (C=N–C) groups is 1. The van der Waals surface area contributed by atoms with Gasteiger partial charge in [-0.05, 0) is 54.0 Å². The number of carboxylic acid groups (broad SMARTS) is 1. The van der Waals surface area contributed by atoms with Crippen molar-refractivity contribution in [3.8, 4) is 5.75 Å². The van der Waals surface area contributed by atoms with Crippen LogP contribution in [0.2, 0.25) is 0 Å². The number of carbonyl (C=O) groups excluding carboxylic acids is 1. The van der Waals surface area contributed by atoms with Crippen molar-refractivity contribution >= 4 is 25.5 Å². The van der Waals surface area contributed by atoms with Crippen molar-refractivity contribution in [3.05, 3.63) is 102 Å². The number of ether oxygens (including phenoxy) is 1. The summed E-state index contributed by atoms with van der Waals surface area (Å²) in [5.74, 6) is -2.65. The van der Waals surface area contributed by atoms with E-state index in [1.54, 1.807) is 68.4 Å². The monoisotopic (exact) mass is 677 g/mol. The number of amides is 1. The van der Waals surface area contributed by atoms with Gasteiger partial charge in [0.2, 0.25) is 5.91 Å². The van der Waals surface area contributed by atoms with Gasteiger partial charge in [0.1, 0.15) is 18.4 Å². The van der Waals surface area contributed by atoms with Gasteiger partial charge in [-0.1, -0.05) is 93.1 Å². The first-order chi connectivity index (χ1) is 21.5. The fourth-order valence-electron chi connectivity index (χ4n) is 4.50. The second kappa shape index (κ2) is 20.1. The van der Waals surface area contributed by atoms with E-state index in [1.807, 2.05) is 37.3 Å². The molecule has 0 aliphatic carbocycles. The summed E-state index contributed by atoms with van der Waals surface area (Å²) in [4.78, 5) is 39.8. The van der Waals surface area contributed by atoms with E-state index >= 15 is 0 Å². The van der Waals surface area contributed by atoms with Crippen LogP contribution in [0.5, 0.6) is 5.75 Å². The van der Waals surface area contributed by atoms with Crippen LogP contribution in [-0.2, 0) is 38.1 Å². The van der Waals surface area contributed by atoms with Gasteiger partial charge in [-0.3, -0.25) is 14.3 Å². The van der Waals surface area contributed by atoms with Crippen LogP contribution >= 0.6 is 7.75 Å². The Kier molecular flexibility index (Phi) is 17.4. The molecule has 0 aliphatic rings. The van der Waals surface area contributed by atoms with Gasteiger partial charge in [-0.15, -0.1) is 0 Å². The number of aliphatic carboxylic acids is 1. The van der Waals surface area contributed by atoms with E-state index in [1.165, 1.54) is 0 Å². The largest absolute Gasteiger partial charge is 1.00 e. The van der Waals surface area contributed by atoms with Crippen molar-refractivity contribution in [2.24, 2.45) is 10.9 Å². The summed E-state index contributed by atoms with van der Waals surface area (Å²) >= 11 is 0. The van der Waals surface area contributed by atoms with Crippen LogP contribution in [0.15, 0.2) is 89.9 Å². The van der Waals surface area contributed by atoms with E-state index in [2.05, 4.69) is 15.4 Å². The molecule has 4 N–H and O–H groups in total. The quantitative estimate of drug-likeness (QED) is 0.0661. The standard InChI is InChI=1S/C33H42N3O8P.K/c1-4-23(3)30(36-45(41,42)44-5-2)32(38)34-28(31(37)35-29(33(39)40)21-24-12-8-6-9-13-24)20-25-16-18-27(19-17-25)43-22-26-14-10-7-11-15-26;/h6-19,23,28-30H,4-5,20-22H2,1-3H3,(H,34,38)(H,35,37)(H,39,40)(H2,36,41,42);/q;+1/p-1/t23-,28-,29-,30-;/m0./s1. The molecule has 0 radical (unpaired) electrons. The average Bonchev–Trinajstić information content (AvgIpc) is 3.03.